The number of hydrogen-bond donors (Lipinski definition) is 2. The van der Waals surface area contributed by atoms with E-state index in [1.807, 2.05) is 12.1 Å². The van der Waals surface area contributed by atoms with Gasteiger partial charge in [-0.2, -0.15) is 0 Å². The van der Waals surface area contributed by atoms with Gasteiger partial charge < -0.3 is 10.2 Å². The third kappa shape index (κ3) is 4.33. The molecule has 0 aliphatic carbocycles. The van der Waals surface area contributed by atoms with Gasteiger partial charge in [0.25, 0.3) is 0 Å². The molecule has 0 aliphatic rings. The maximum Gasteiger partial charge on any atom is 0.371 e. The van der Waals surface area contributed by atoms with Gasteiger partial charge in [0.05, 0.1) is 5.69 Å². The monoisotopic (exact) mass is 331 g/mol. The van der Waals surface area contributed by atoms with Crippen LogP contribution in [0.5, 0.6) is 0 Å². The molecular weight excluding hydrogens is 318 g/mol. The lowest BCUT2D eigenvalue weighted by atomic mass is 10.1. The Morgan fingerprint density at radius 3 is 2.39 bits per heavy atom. The molecule has 23 heavy (non-hydrogen) atoms. The number of nitrogens with zero attached hydrogens (tertiary/aromatic N) is 1. The van der Waals surface area contributed by atoms with E-state index in [2.05, 4.69) is 4.98 Å². The fourth-order valence-corrected chi connectivity index (χ4v) is 2.54. The first-order chi connectivity index (χ1) is 10.9. The highest BCUT2D eigenvalue weighted by atomic mass is 32.1. The summed E-state index contributed by atoms with van der Waals surface area (Å²) in [6.07, 6.45) is 1.11. The lowest BCUT2D eigenvalue weighted by Crippen LogP contribution is -2.04. The van der Waals surface area contributed by atoms with Gasteiger partial charge in [-0.15, -0.1) is 11.3 Å². The van der Waals surface area contributed by atoms with Gasteiger partial charge in [0.15, 0.2) is 10.8 Å². The number of carboxylic acids is 1. The second-order valence-corrected chi connectivity index (χ2v) is 5.63. The molecule has 0 unspecified atom stereocenters. The van der Waals surface area contributed by atoms with Gasteiger partial charge in [-0.3, -0.25) is 9.59 Å². The number of carboxylic acid groups (broad SMARTS) is 1. The van der Waals surface area contributed by atoms with E-state index in [9.17, 15) is 14.4 Å². The standard InChI is InChI=1S/C16H13NO5S/c1-9(18)11-4-2-10(3-5-11)6-12-8-23-15(17-12)13(19)7-14(20)16(21)22/h2-5,7-8,20H,6H2,1H3,(H,21,22). The molecule has 1 aromatic heterocycles. The van der Waals surface area contributed by atoms with E-state index in [-0.39, 0.29) is 10.8 Å². The van der Waals surface area contributed by atoms with Gasteiger partial charge in [0.2, 0.25) is 11.5 Å². The maximum absolute atomic E-state index is 11.8. The Bertz CT molecular complexity index is 789. The summed E-state index contributed by atoms with van der Waals surface area (Å²) < 4.78 is 0. The SMILES string of the molecule is CC(=O)c1ccc(Cc2csc(C(=O)C=C(O)C(=O)O)n2)cc1. The fraction of sp³-hybridized carbons (Fsp3) is 0.125. The topological polar surface area (TPSA) is 105 Å². The zero-order valence-corrected chi connectivity index (χ0v) is 13.0. The van der Waals surface area contributed by atoms with E-state index < -0.39 is 17.5 Å². The number of carbonyl (C=O) groups is 3. The molecule has 118 valence electrons. The number of Topliss-reactive ketones (excluding diaryl/α,β-unsaturated/α-hetero) is 1. The molecule has 7 heteroatoms. The van der Waals surface area contributed by atoms with Gasteiger partial charge in [0.1, 0.15) is 0 Å². The molecule has 6 nitrogen and oxygen atoms in total. The molecule has 1 heterocycles. The van der Waals surface area contributed by atoms with E-state index in [1.54, 1.807) is 17.5 Å². The predicted molar refractivity (Wildman–Crippen MR) is 84.0 cm³/mol. The number of thiazole rings is 1. The van der Waals surface area contributed by atoms with E-state index >= 15 is 0 Å². The van der Waals surface area contributed by atoms with Crippen LogP contribution in [0.3, 0.4) is 0 Å². The molecule has 2 aromatic rings. The third-order valence-corrected chi connectivity index (χ3v) is 3.90. The first-order valence-electron chi connectivity index (χ1n) is 6.59. The minimum absolute atomic E-state index is 0.0110. The molecule has 0 fully saturated rings. The second-order valence-electron chi connectivity index (χ2n) is 4.77. The van der Waals surface area contributed by atoms with Gasteiger partial charge in [0, 0.05) is 23.4 Å². The lowest BCUT2D eigenvalue weighted by molar-refractivity contribution is -0.135. The predicted octanol–water partition coefficient (Wildman–Crippen LogP) is 2.65. The van der Waals surface area contributed by atoms with Crippen molar-refractivity contribution in [3.63, 3.8) is 0 Å². The minimum Gasteiger partial charge on any atom is -0.502 e. The average molecular weight is 331 g/mol. The molecule has 0 saturated heterocycles. The molecule has 0 radical (unpaired) electrons. The number of aliphatic hydroxyl groups excluding tert-OH is 1. The normalized spacial score (nSPS) is 11.3. The van der Waals surface area contributed by atoms with Crippen molar-refractivity contribution in [1.82, 2.24) is 4.98 Å². The van der Waals surface area contributed by atoms with Crippen molar-refractivity contribution in [3.8, 4) is 0 Å². The molecule has 0 saturated carbocycles. The van der Waals surface area contributed by atoms with Crippen LogP contribution in [0.15, 0.2) is 41.5 Å². The summed E-state index contributed by atoms with van der Waals surface area (Å²) in [4.78, 5) is 37.6. The highest BCUT2D eigenvalue weighted by molar-refractivity contribution is 7.11. The molecular formula is C16H13NO5S. The number of hydrogen-bond acceptors (Lipinski definition) is 6. The van der Waals surface area contributed by atoms with Crippen LogP contribution in [-0.2, 0) is 11.2 Å². The van der Waals surface area contributed by atoms with Crippen molar-refractivity contribution in [1.29, 1.82) is 0 Å². The quantitative estimate of drug-likeness (QED) is 0.479. The average Bonchev–Trinajstić information content (AvgIpc) is 2.96. The van der Waals surface area contributed by atoms with Crippen molar-refractivity contribution in [2.75, 3.05) is 0 Å². The van der Waals surface area contributed by atoms with E-state index in [4.69, 9.17) is 10.2 Å². The molecule has 2 rings (SSSR count). The number of rotatable bonds is 6. The fourth-order valence-electron chi connectivity index (χ4n) is 1.82. The molecule has 1 aromatic carbocycles. The number of aromatic nitrogens is 1. The van der Waals surface area contributed by atoms with Crippen LogP contribution in [0, 0.1) is 0 Å². The van der Waals surface area contributed by atoms with Crippen LogP contribution >= 0.6 is 11.3 Å². The Morgan fingerprint density at radius 1 is 1.17 bits per heavy atom. The zero-order valence-electron chi connectivity index (χ0n) is 12.1. The maximum atomic E-state index is 11.8. The second kappa shape index (κ2) is 6.97. The van der Waals surface area contributed by atoms with Crippen molar-refractivity contribution >= 4 is 28.9 Å². The summed E-state index contributed by atoms with van der Waals surface area (Å²) in [6.45, 7) is 1.49. The van der Waals surface area contributed by atoms with E-state index in [0.717, 1.165) is 16.9 Å². The van der Waals surface area contributed by atoms with Crippen LogP contribution in [-0.4, -0.2) is 32.7 Å². The summed E-state index contributed by atoms with van der Waals surface area (Å²) in [5.41, 5.74) is 2.21. The van der Waals surface area contributed by atoms with Crippen molar-refractivity contribution in [2.45, 2.75) is 13.3 Å². The van der Waals surface area contributed by atoms with Crippen molar-refractivity contribution in [2.24, 2.45) is 0 Å². The first kappa shape index (κ1) is 16.6. The lowest BCUT2D eigenvalue weighted by Gasteiger charge is -2.00. The summed E-state index contributed by atoms with van der Waals surface area (Å²) in [6, 6.07) is 7.08. The molecule has 0 spiro atoms. The largest absolute Gasteiger partial charge is 0.502 e. The minimum atomic E-state index is -1.57. The smallest absolute Gasteiger partial charge is 0.371 e. The third-order valence-electron chi connectivity index (χ3n) is 3.00. The molecule has 2 N–H and O–H groups in total. The van der Waals surface area contributed by atoms with Gasteiger partial charge in [-0.05, 0) is 12.5 Å². The Hall–Kier alpha value is -2.80. The first-order valence-corrected chi connectivity index (χ1v) is 7.47. The number of carbonyl (C=O) groups excluding carboxylic acids is 2. The highest BCUT2D eigenvalue weighted by Crippen LogP contribution is 2.16. The Morgan fingerprint density at radius 2 is 1.83 bits per heavy atom. The van der Waals surface area contributed by atoms with E-state index in [1.165, 1.54) is 6.92 Å². The van der Waals surface area contributed by atoms with Crippen LogP contribution < -0.4 is 0 Å². The summed E-state index contributed by atoms with van der Waals surface area (Å²) in [5, 5.41) is 19.4. The summed E-state index contributed by atoms with van der Waals surface area (Å²) in [5.74, 6) is -3.26. The van der Waals surface area contributed by atoms with Crippen LogP contribution in [0.1, 0.15) is 38.3 Å². The Balaban J connectivity index is 2.10. The van der Waals surface area contributed by atoms with Gasteiger partial charge in [-0.1, -0.05) is 24.3 Å². The number of aliphatic carboxylic acids is 1. The molecule has 0 aliphatic heterocycles. The van der Waals surface area contributed by atoms with Gasteiger partial charge >= 0.3 is 5.97 Å². The van der Waals surface area contributed by atoms with Crippen LogP contribution in [0.2, 0.25) is 0 Å². The van der Waals surface area contributed by atoms with Crippen molar-refractivity contribution < 1.29 is 24.6 Å². The number of benzene rings is 1. The Labute approximate surface area is 135 Å². The molecule has 0 atom stereocenters. The summed E-state index contributed by atoms with van der Waals surface area (Å²) >= 11 is 1.08. The molecule has 0 amide bonds. The summed E-state index contributed by atoms with van der Waals surface area (Å²) in [7, 11) is 0. The number of aliphatic hydroxyl groups is 1. The van der Waals surface area contributed by atoms with Crippen LogP contribution in [0.25, 0.3) is 0 Å². The number of allylic oxidation sites excluding steroid dienone is 1. The highest BCUT2D eigenvalue weighted by Gasteiger charge is 2.13. The van der Waals surface area contributed by atoms with Crippen LogP contribution in [0.4, 0.5) is 0 Å². The molecule has 0 bridgehead atoms. The van der Waals surface area contributed by atoms with E-state index in [0.29, 0.717) is 23.8 Å². The van der Waals surface area contributed by atoms with Crippen molar-refractivity contribution in [3.05, 3.63) is 63.3 Å². The Kier molecular flexibility index (Phi) is 5.02. The van der Waals surface area contributed by atoms with Gasteiger partial charge in [-0.25, -0.2) is 9.78 Å². The zero-order chi connectivity index (χ0) is 17.0. The number of ketones is 2.